The average Bonchev–Trinajstić information content (AvgIpc) is 3.63. The van der Waals surface area contributed by atoms with Crippen molar-refractivity contribution in [2.24, 2.45) is 7.05 Å². The molecule has 1 saturated heterocycles. The number of hydrogen-bond donors (Lipinski definition) is 0. The summed E-state index contributed by atoms with van der Waals surface area (Å²) < 4.78 is 44.0. The van der Waals surface area contributed by atoms with Gasteiger partial charge in [-0.3, -0.25) is 14.2 Å². The first-order valence-electron chi connectivity index (χ1n) is 12.3. The molecule has 0 bridgehead atoms. The van der Waals surface area contributed by atoms with Gasteiger partial charge in [-0.25, -0.2) is 34.2 Å². The van der Waals surface area contributed by atoms with Crippen LogP contribution in [0.25, 0.3) is 11.2 Å². The van der Waals surface area contributed by atoms with E-state index in [0.717, 1.165) is 18.9 Å². The minimum atomic E-state index is -4.49. The lowest BCUT2D eigenvalue weighted by Gasteiger charge is -2.28. The Morgan fingerprint density at radius 3 is 2.63 bits per heavy atom. The van der Waals surface area contributed by atoms with Gasteiger partial charge in [0.25, 0.3) is 11.5 Å². The molecule has 0 aromatic carbocycles. The van der Waals surface area contributed by atoms with E-state index in [1.807, 2.05) is 0 Å². The highest BCUT2D eigenvalue weighted by Crippen LogP contribution is 2.35. The molecule has 4 aromatic rings. The fraction of sp³-hybridized carbons (Fsp3) is 0.375. The fourth-order valence-electron chi connectivity index (χ4n) is 4.81. The molecule has 4 aromatic heterocycles. The zero-order chi connectivity index (χ0) is 29.5. The maximum absolute atomic E-state index is 14.0. The van der Waals surface area contributed by atoms with Crippen molar-refractivity contribution in [3.8, 4) is 6.07 Å². The van der Waals surface area contributed by atoms with Crippen LogP contribution in [0.3, 0.4) is 0 Å². The Kier molecular flexibility index (Phi) is 6.99. The molecular formula is C24H22F3N11O3. The first-order chi connectivity index (χ1) is 19.5. The second-order valence-electron chi connectivity index (χ2n) is 9.24. The SMILES string of the molecule is C[C@@H](C(=O)N(c1ccncn1)c1ccnc(N2CCC[C@@H]2C(F)(F)F)n1)n1cnc2c1c(=O)n(CC#N)c(=O)n2C. The van der Waals surface area contributed by atoms with Gasteiger partial charge in [0.15, 0.2) is 11.2 Å². The molecule has 0 unspecified atom stereocenters. The van der Waals surface area contributed by atoms with Gasteiger partial charge in [-0.2, -0.15) is 23.4 Å². The summed E-state index contributed by atoms with van der Waals surface area (Å²) >= 11 is 0. The lowest BCUT2D eigenvalue weighted by Crippen LogP contribution is -2.42. The van der Waals surface area contributed by atoms with Crippen molar-refractivity contribution >= 4 is 34.7 Å². The van der Waals surface area contributed by atoms with Crippen LogP contribution < -0.4 is 21.0 Å². The average molecular weight is 570 g/mol. The van der Waals surface area contributed by atoms with Crippen LogP contribution in [0.1, 0.15) is 25.8 Å². The van der Waals surface area contributed by atoms with E-state index in [-0.39, 0.29) is 41.7 Å². The van der Waals surface area contributed by atoms with Crippen molar-refractivity contribution in [3.05, 3.63) is 58.0 Å². The summed E-state index contributed by atoms with van der Waals surface area (Å²) in [5.74, 6) is -0.878. The molecule has 1 aliphatic heterocycles. The molecule has 0 spiro atoms. The second-order valence-corrected chi connectivity index (χ2v) is 9.24. The smallest absolute Gasteiger partial charge is 0.329 e. The number of rotatable bonds is 6. The third-order valence-corrected chi connectivity index (χ3v) is 6.82. The summed E-state index contributed by atoms with van der Waals surface area (Å²) in [6, 6.07) is 1.62. The number of hydrogen-bond acceptors (Lipinski definition) is 10. The fourth-order valence-corrected chi connectivity index (χ4v) is 4.81. The number of carbonyl (C=O) groups excluding carboxylic acids is 1. The predicted octanol–water partition coefficient (Wildman–Crippen LogP) is 1.46. The van der Waals surface area contributed by atoms with E-state index in [4.69, 9.17) is 5.26 Å². The van der Waals surface area contributed by atoms with E-state index in [1.165, 1.54) is 55.7 Å². The molecule has 0 radical (unpaired) electrons. The van der Waals surface area contributed by atoms with E-state index in [1.54, 1.807) is 6.07 Å². The first-order valence-corrected chi connectivity index (χ1v) is 12.3. The molecule has 17 heteroatoms. The summed E-state index contributed by atoms with van der Waals surface area (Å²) in [6.07, 6.45) is 0.716. The summed E-state index contributed by atoms with van der Waals surface area (Å²) in [6.45, 7) is 1.04. The number of fused-ring (bicyclic) bond motifs is 1. The number of nitrogens with zero attached hydrogens (tertiary/aromatic N) is 11. The predicted molar refractivity (Wildman–Crippen MR) is 137 cm³/mol. The largest absolute Gasteiger partial charge is 0.408 e. The highest BCUT2D eigenvalue weighted by molar-refractivity contribution is 6.01. The van der Waals surface area contributed by atoms with Gasteiger partial charge in [0.1, 0.15) is 36.6 Å². The van der Waals surface area contributed by atoms with Crippen molar-refractivity contribution in [2.75, 3.05) is 16.3 Å². The standard InChI is InChI=1S/C24H22F3N11O3/c1-14(37-13-32-19-18(37)21(40)36(11-7-28)23(41)34(19)2)20(39)38(16-5-8-29-12-31-16)17-6-9-30-22(33-17)35-10-3-4-15(35)24(25,26)27/h5-6,8-9,12-15H,3-4,10-11H2,1-2H3/t14-,15+/m0/s1. The number of halogens is 3. The van der Waals surface area contributed by atoms with Crippen LogP contribution >= 0.6 is 0 Å². The van der Waals surface area contributed by atoms with Gasteiger partial charge in [-0.1, -0.05) is 0 Å². The minimum Gasteiger partial charge on any atom is -0.329 e. The summed E-state index contributed by atoms with van der Waals surface area (Å²) in [5, 5.41) is 9.10. The normalized spacial score (nSPS) is 16.1. The molecule has 0 N–H and O–H groups in total. The van der Waals surface area contributed by atoms with Gasteiger partial charge in [0.05, 0.1) is 12.4 Å². The van der Waals surface area contributed by atoms with Gasteiger partial charge < -0.3 is 9.47 Å². The number of aryl methyl sites for hydroxylation is 1. The topological polar surface area (TPSA) is 161 Å². The Morgan fingerprint density at radius 1 is 1.20 bits per heavy atom. The van der Waals surface area contributed by atoms with Crippen LogP contribution in [-0.2, 0) is 18.4 Å². The van der Waals surface area contributed by atoms with Crippen molar-refractivity contribution in [1.29, 1.82) is 5.26 Å². The molecule has 1 amide bonds. The van der Waals surface area contributed by atoms with E-state index < -0.39 is 42.0 Å². The van der Waals surface area contributed by atoms with E-state index in [2.05, 4.69) is 24.9 Å². The minimum absolute atomic E-state index is 0.000950. The van der Waals surface area contributed by atoms with Crippen LogP contribution in [0.15, 0.2) is 46.8 Å². The van der Waals surface area contributed by atoms with E-state index in [0.29, 0.717) is 6.42 Å². The van der Waals surface area contributed by atoms with Crippen molar-refractivity contribution in [2.45, 2.75) is 44.6 Å². The Balaban J connectivity index is 1.61. The Bertz CT molecular complexity index is 1780. The lowest BCUT2D eigenvalue weighted by molar-refractivity contribution is -0.146. The van der Waals surface area contributed by atoms with Gasteiger partial charge in [0, 0.05) is 32.1 Å². The maximum Gasteiger partial charge on any atom is 0.408 e. The molecule has 2 atom stereocenters. The number of imidazole rings is 1. The van der Waals surface area contributed by atoms with E-state index in [9.17, 15) is 27.6 Å². The van der Waals surface area contributed by atoms with Gasteiger partial charge in [-0.05, 0) is 25.8 Å². The molecule has 41 heavy (non-hydrogen) atoms. The summed E-state index contributed by atoms with van der Waals surface area (Å²) in [7, 11) is 1.38. The summed E-state index contributed by atoms with van der Waals surface area (Å²) in [4.78, 5) is 62.4. The van der Waals surface area contributed by atoms with Crippen LogP contribution in [0.2, 0.25) is 0 Å². The molecule has 212 valence electrons. The Morgan fingerprint density at radius 2 is 1.95 bits per heavy atom. The zero-order valence-electron chi connectivity index (χ0n) is 21.7. The number of amides is 1. The maximum atomic E-state index is 14.0. The van der Waals surface area contributed by atoms with Gasteiger partial charge in [0.2, 0.25) is 5.95 Å². The molecule has 5 heterocycles. The lowest BCUT2D eigenvalue weighted by atomic mass is 10.2. The van der Waals surface area contributed by atoms with Crippen LogP contribution in [-0.4, -0.2) is 63.3 Å². The van der Waals surface area contributed by atoms with Crippen LogP contribution in [0.4, 0.5) is 30.8 Å². The summed E-state index contributed by atoms with van der Waals surface area (Å²) in [5.41, 5.74) is -1.66. The highest BCUT2D eigenvalue weighted by Gasteiger charge is 2.47. The Labute approximate surface area is 229 Å². The second kappa shape index (κ2) is 10.4. The van der Waals surface area contributed by atoms with Crippen molar-refractivity contribution < 1.29 is 18.0 Å². The Hall–Kier alpha value is -5.14. The molecule has 5 rings (SSSR count). The monoisotopic (exact) mass is 569 g/mol. The third-order valence-electron chi connectivity index (χ3n) is 6.82. The van der Waals surface area contributed by atoms with Crippen molar-refractivity contribution in [1.82, 2.24) is 38.6 Å². The molecular weight excluding hydrogens is 547 g/mol. The number of anilines is 3. The van der Waals surface area contributed by atoms with Crippen molar-refractivity contribution in [3.63, 3.8) is 0 Å². The third kappa shape index (κ3) is 4.77. The first kappa shape index (κ1) is 27.4. The number of alkyl halides is 3. The van der Waals surface area contributed by atoms with Crippen LogP contribution in [0, 0.1) is 11.3 Å². The zero-order valence-corrected chi connectivity index (χ0v) is 21.7. The van der Waals surface area contributed by atoms with E-state index >= 15 is 0 Å². The number of nitriles is 1. The number of aromatic nitrogens is 8. The van der Waals surface area contributed by atoms with Gasteiger partial charge >= 0.3 is 11.9 Å². The molecule has 0 saturated carbocycles. The van der Waals surface area contributed by atoms with Gasteiger partial charge in [-0.15, -0.1) is 0 Å². The quantitative estimate of drug-likeness (QED) is 0.332. The highest BCUT2D eigenvalue weighted by atomic mass is 19.4. The number of carbonyl (C=O) groups is 1. The molecule has 1 aliphatic rings. The van der Waals surface area contributed by atoms with Crippen LogP contribution in [0.5, 0.6) is 0 Å². The molecule has 14 nitrogen and oxygen atoms in total. The molecule has 0 aliphatic carbocycles. The molecule has 1 fully saturated rings.